The first-order chi connectivity index (χ1) is 21.7. The van der Waals surface area contributed by atoms with Crippen LogP contribution in [0.1, 0.15) is 194 Å². The third-order valence-electron chi connectivity index (χ3n) is 8.64. The predicted octanol–water partition coefficient (Wildman–Crippen LogP) is 9.94. The summed E-state index contributed by atoms with van der Waals surface area (Å²) in [6, 6.07) is 0. The molecule has 0 saturated carbocycles. The molecule has 0 unspecified atom stereocenters. The van der Waals surface area contributed by atoms with E-state index in [9.17, 15) is 4.91 Å². The molecule has 8 nitrogen and oxygen atoms in total. The molecule has 8 heteroatoms. The van der Waals surface area contributed by atoms with Crippen LogP contribution >= 0.6 is 0 Å². The Morgan fingerprint density at radius 3 is 0.841 bits per heavy atom. The first-order valence-electron chi connectivity index (χ1n) is 19.4. The van der Waals surface area contributed by atoms with E-state index < -0.39 is 0 Å². The minimum absolute atomic E-state index is 0.221. The van der Waals surface area contributed by atoms with Gasteiger partial charge in [0.15, 0.2) is 0 Å². The lowest BCUT2D eigenvalue weighted by Crippen LogP contribution is -2.39. The molecule has 0 radical (unpaired) electrons. The Kier molecular flexibility index (Phi) is 35.7. The third kappa shape index (κ3) is 32.4. The molecule has 0 bridgehead atoms. The average molecular weight is 629 g/mol. The van der Waals surface area contributed by atoms with Gasteiger partial charge < -0.3 is 11.5 Å². The first-order valence-corrected chi connectivity index (χ1v) is 19.4. The van der Waals surface area contributed by atoms with Gasteiger partial charge in [0, 0.05) is 26.2 Å². The van der Waals surface area contributed by atoms with Gasteiger partial charge >= 0.3 is 5.09 Å². The number of hydrogen-bond acceptors (Lipinski definition) is 7. The van der Waals surface area contributed by atoms with Gasteiger partial charge in [0.05, 0.1) is 13.1 Å². The van der Waals surface area contributed by atoms with Crippen LogP contribution in [0.4, 0.5) is 0 Å². The van der Waals surface area contributed by atoms with Crippen molar-refractivity contribution in [2.75, 3.05) is 39.3 Å². The van der Waals surface area contributed by atoms with Gasteiger partial charge in [-0.25, -0.2) is 0 Å². The highest BCUT2D eigenvalue weighted by Gasteiger charge is 2.24. The fourth-order valence-corrected chi connectivity index (χ4v) is 5.84. The number of nitrogens with two attached hydrogens (primary N) is 2. The summed E-state index contributed by atoms with van der Waals surface area (Å²) >= 11 is 0. The minimum Gasteiger partial charge on any atom is -0.329 e. The Morgan fingerprint density at radius 2 is 0.614 bits per heavy atom. The smallest absolute Gasteiger partial charge is 0.329 e. The normalized spacial score (nSPS) is 11.6. The van der Waals surface area contributed by atoms with E-state index in [1.807, 2.05) is 0 Å². The Bertz CT molecular complexity index is 524. The van der Waals surface area contributed by atoms with E-state index in [1.165, 1.54) is 154 Å². The zero-order valence-electron chi connectivity index (χ0n) is 29.8. The maximum Gasteiger partial charge on any atom is 0.519 e. The van der Waals surface area contributed by atoms with Crippen molar-refractivity contribution in [2.45, 2.75) is 194 Å². The summed E-state index contributed by atoms with van der Waals surface area (Å²) in [5, 5.41) is 3.47. The van der Waals surface area contributed by atoms with Crippen molar-refractivity contribution in [3.8, 4) is 0 Å². The molecule has 0 aromatic carbocycles. The lowest BCUT2D eigenvalue weighted by Gasteiger charge is -2.16. The number of nitrogens with zero attached hydrogens (tertiary/aromatic N) is 3. The van der Waals surface area contributed by atoms with Gasteiger partial charge in [-0.2, -0.15) is 0 Å². The van der Waals surface area contributed by atoms with Gasteiger partial charge in [-0.3, -0.25) is 0 Å². The maximum absolute atomic E-state index is 12.4. The zero-order valence-corrected chi connectivity index (χ0v) is 29.8. The van der Waals surface area contributed by atoms with Crippen molar-refractivity contribution >= 4 is 0 Å². The summed E-state index contributed by atoms with van der Waals surface area (Å²) in [4.78, 5) is 23.3. The van der Waals surface area contributed by atoms with E-state index in [2.05, 4.69) is 13.8 Å². The van der Waals surface area contributed by atoms with Gasteiger partial charge in [0.1, 0.15) is 4.91 Å². The summed E-state index contributed by atoms with van der Waals surface area (Å²) in [5.41, 5.74) is 11.5. The highest BCUT2D eigenvalue weighted by Crippen LogP contribution is 2.15. The second-order valence-corrected chi connectivity index (χ2v) is 13.0. The van der Waals surface area contributed by atoms with Crippen molar-refractivity contribution in [3.05, 3.63) is 4.91 Å². The van der Waals surface area contributed by atoms with Crippen molar-refractivity contribution < 1.29 is 15.0 Å². The van der Waals surface area contributed by atoms with Gasteiger partial charge in [0.2, 0.25) is 0 Å². The van der Waals surface area contributed by atoms with Crippen molar-refractivity contribution in [2.24, 2.45) is 11.5 Å². The van der Waals surface area contributed by atoms with Crippen LogP contribution in [0.15, 0.2) is 0 Å². The van der Waals surface area contributed by atoms with Gasteiger partial charge in [0.25, 0.3) is 0 Å². The Hall–Kier alpha value is -0.960. The fraction of sp³-hybridized carbons (Fsp3) is 1.00. The van der Waals surface area contributed by atoms with Crippen molar-refractivity contribution in [1.29, 1.82) is 0 Å². The maximum atomic E-state index is 12.4. The van der Waals surface area contributed by atoms with E-state index >= 15 is 0 Å². The fourth-order valence-electron chi connectivity index (χ4n) is 5.84. The predicted molar refractivity (Wildman–Crippen MR) is 188 cm³/mol. The molecule has 44 heavy (non-hydrogen) atoms. The Balaban J connectivity index is 3.84. The summed E-state index contributed by atoms with van der Waals surface area (Å²) in [6.07, 6.45) is 37.0. The van der Waals surface area contributed by atoms with Gasteiger partial charge in [-0.15, -0.1) is 0 Å². The Morgan fingerprint density at radius 1 is 0.386 bits per heavy atom. The molecule has 4 N–H and O–H groups in total. The second-order valence-electron chi connectivity index (χ2n) is 13.0. The van der Waals surface area contributed by atoms with Crippen LogP contribution in [0.5, 0.6) is 0 Å². The number of hydrogen-bond donors (Lipinski definition) is 2. The molecule has 0 aliphatic rings. The number of hydroxylamine groups is 4. The highest BCUT2D eigenvalue weighted by atomic mass is 17.1. The van der Waals surface area contributed by atoms with E-state index in [-0.39, 0.29) is 5.09 Å². The van der Waals surface area contributed by atoms with Crippen LogP contribution < -0.4 is 11.5 Å². The van der Waals surface area contributed by atoms with Crippen molar-refractivity contribution in [1.82, 2.24) is 10.1 Å². The van der Waals surface area contributed by atoms with Gasteiger partial charge in [-0.1, -0.05) is 201 Å². The van der Waals surface area contributed by atoms with Crippen LogP contribution in [-0.4, -0.2) is 54.5 Å². The first kappa shape index (κ1) is 43.0. The van der Waals surface area contributed by atoms with Gasteiger partial charge in [-0.05, 0) is 12.8 Å². The van der Waals surface area contributed by atoms with Crippen LogP contribution in [-0.2, 0) is 9.88 Å². The second kappa shape index (κ2) is 36.5. The molecule has 0 amide bonds. The monoisotopic (exact) mass is 629 g/mol. The lowest BCUT2D eigenvalue weighted by atomic mass is 10.0. The van der Waals surface area contributed by atoms with Crippen LogP contribution in [0.25, 0.3) is 0 Å². The van der Waals surface area contributed by atoms with E-state index in [0.29, 0.717) is 39.3 Å². The molecule has 0 atom stereocenters. The highest BCUT2D eigenvalue weighted by molar-refractivity contribution is 4.53. The minimum atomic E-state index is 0.221. The quantitative estimate of drug-likeness (QED) is 0.0519. The molecule has 0 saturated heterocycles. The molecular weight excluding hydrogens is 550 g/mol. The zero-order chi connectivity index (χ0) is 32.2. The molecule has 0 rings (SSSR count). The van der Waals surface area contributed by atoms with Crippen molar-refractivity contribution in [3.63, 3.8) is 0 Å². The largest absolute Gasteiger partial charge is 0.519 e. The molecule has 0 heterocycles. The SMILES string of the molecule is CCCCCCCCCCCCCCCCN(CCN)O[N+](=O)ON(CCN)CCCCCCCCCCCCCCCC. The van der Waals surface area contributed by atoms with E-state index in [0.717, 1.165) is 25.7 Å². The molecular formula is C36H78N5O3+. The molecule has 0 aromatic heterocycles. The number of rotatable bonds is 38. The summed E-state index contributed by atoms with van der Waals surface area (Å²) in [5.74, 6) is 0. The van der Waals surface area contributed by atoms with Crippen LogP contribution in [0.2, 0.25) is 0 Å². The van der Waals surface area contributed by atoms with Crippen LogP contribution in [0, 0.1) is 4.91 Å². The standard InChI is InChI=1S/C36H78N5O3/c1-3-5-7-9-11-13-15-17-19-21-23-25-27-29-33-39(35-31-37)43-41(42)44-40(36-32-38)34-30-28-26-24-22-20-18-16-14-12-10-8-6-4-2/h3-38H2,1-2H3/q+1. The number of unbranched alkanes of at least 4 members (excludes halogenated alkanes) is 26. The summed E-state index contributed by atoms with van der Waals surface area (Å²) in [7, 11) is 0. The lowest BCUT2D eigenvalue weighted by molar-refractivity contribution is -1.04. The molecule has 0 fully saturated rings. The average Bonchev–Trinajstić information content (AvgIpc) is 3.01. The molecule has 264 valence electrons. The van der Waals surface area contributed by atoms with E-state index in [4.69, 9.17) is 21.3 Å². The molecule has 0 spiro atoms. The molecule has 0 aliphatic carbocycles. The third-order valence-corrected chi connectivity index (χ3v) is 8.64. The Labute approximate surface area is 274 Å². The summed E-state index contributed by atoms with van der Waals surface area (Å²) in [6.45, 7) is 7.75. The topological polar surface area (TPSA) is 97.1 Å². The molecule has 0 aliphatic heterocycles. The molecule has 0 aromatic rings. The van der Waals surface area contributed by atoms with E-state index in [1.54, 1.807) is 10.1 Å². The summed E-state index contributed by atoms with van der Waals surface area (Å²) < 4.78 is 0. The van der Waals surface area contributed by atoms with Crippen LogP contribution in [0.3, 0.4) is 0 Å².